The first-order chi connectivity index (χ1) is 17.4. The second-order valence-corrected chi connectivity index (χ2v) is 11.4. The van der Waals surface area contributed by atoms with Crippen LogP contribution in [-0.2, 0) is 12.0 Å². The summed E-state index contributed by atoms with van der Waals surface area (Å²) >= 11 is 13.4. The van der Waals surface area contributed by atoms with Gasteiger partial charge in [-0.1, -0.05) is 48.3 Å². The quantitative estimate of drug-likeness (QED) is 0.125. The largest absolute Gasteiger partial charge is 0.486 e. The van der Waals surface area contributed by atoms with Crippen LogP contribution in [-0.4, -0.2) is 20.8 Å². The van der Waals surface area contributed by atoms with Crippen molar-refractivity contribution in [2.75, 3.05) is 0 Å². The third-order valence-electron chi connectivity index (χ3n) is 5.35. The molecule has 0 fully saturated rings. The SMILES string of the molecule is CC(C)(C)c1nc2ccc(Br)cc2c(=O)n1N=Cc1cc(Cl)c(OCc2ccc([N+](=O)[O-])cc2)c(Br)c1. The highest BCUT2D eigenvalue weighted by Crippen LogP contribution is 2.35. The second kappa shape index (κ2) is 10.7. The molecule has 0 aliphatic heterocycles. The Kier molecular flexibility index (Phi) is 7.82. The summed E-state index contributed by atoms with van der Waals surface area (Å²) in [5, 5.41) is 16.1. The normalized spacial score (nSPS) is 11.8. The molecule has 4 rings (SSSR count). The molecule has 3 aromatic carbocycles. The monoisotopic (exact) mass is 646 g/mol. The zero-order chi connectivity index (χ0) is 26.9. The van der Waals surface area contributed by atoms with Crippen molar-refractivity contribution < 1.29 is 9.66 Å². The first-order valence-electron chi connectivity index (χ1n) is 11.1. The number of fused-ring (bicyclic) bond motifs is 1. The molecule has 0 N–H and O–H groups in total. The molecule has 0 spiro atoms. The van der Waals surface area contributed by atoms with Crippen LogP contribution < -0.4 is 10.3 Å². The molecule has 0 unspecified atom stereocenters. The highest BCUT2D eigenvalue weighted by Gasteiger charge is 2.23. The minimum atomic E-state index is -0.455. The Hall–Kier alpha value is -3.08. The van der Waals surface area contributed by atoms with E-state index in [1.165, 1.54) is 16.8 Å². The van der Waals surface area contributed by atoms with Gasteiger partial charge in [-0.2, -0.15) is 9.78 Å². The number of nitro benzene ring substituents is 1. The third kappa shape index (κ3) is 6.08. The minimum absolute atomic E-state index is 0.00887. The molecule has 0 saturated carbocycles. The fourth-order valence-electron chi connectivity index (χ4n) is 3.53. The van der Waals surface area contributed by atoms with Crippen molar-refractivity contribution in [3.8, 4) is 5.75 Å². The Morgan fingerprint density at radius 2 is 1.84 bits per heavy atom. The number of nitro groups is 1. The Bertz CT molecular complexity index is 1570. The van der Waals surface area contributed by atoms with E-state index in [2.05, 4.69) is 37.0 Å². The summed E-state index contributed by atoms with van der Waals surface area (Å²) < 4.78 is 8.53. The molecule has 0 saturated heterocycles. The van der Waals surface area contributed by atoms with Crippen molar-refractivity contribution in [3.63, 3.8) is 0 Å². The summed E-state index contributed by atoms with van der Waals surface area (Å²) in [5.41, 5.74) is 1.29. The zero-order valence-corrected chi connectivity index (χ0v) is 24.0. The van der Waals surface area contributed by atoms with Gasteiger partial charge in [0.2, 0.25) is 0 Å². The number of non-ortho nitro benzene ring substituents is 1. The van der Waals surface area contributed by atoms with Gasteiger partial charge < -0.3 is 4.74 Å². The van der Waals surface area contributed by atoms with Crippen molar-refractivity contribution in [1.82, 2.24) is 9.66 Å². The van der Waals surface area contributed by atoms with Gasteiger partial charge in [0.15, 0.2) is 5.75 Å². The Morgan fingerprint density at radius 3 is 2.46 bits per heavy atom. The summed E-state index contributed by atoms with van der Waals surface area (Å²) in [6, 6.07) is 14.9. The molecule has 0 amide bonds. The smallest absolute Gasteiger partial charge is 0.282 e. The predicted molar refractivity (Wildman–Crippen MR) is 152 cm³/mol. The molecule has 190 valence electrons. The van der Waals surface area contributed by atoms with Crippen LogP contribution in [0.3, 0.4) is 0 Å². The zero-order valence-electron chi connectivity index (χ0n) is 20.0. The van der Waals surface area contributed by atoms with Crippen molar-refractivity contribution in [2.45, 2.75) is 32.8 Å². The van der Waals surface area contributed by atoms with Gasteiger partial charge in [-0.15, -0.1) is 0 Å². The highest BCUT2D eigenvalue weighted by atomic mass is 79.9. The van der Waals surface area contributed by atoms with Crippen LogP contribution in [0, 0.1) is 10.1 Å². The van der Waals surface area contributed by atoms with Crippen LogP contribution in [0.15, 0.2) is 73.4 Å². The second-order valence-electron chi connectivity index (χ2n) is 9.23. The number of nitrogens with zero attached hydrogens (tertiary/aromatic N) is 4. The van der Waals surface area contributed by atoms with Crippen LogP contribution in [0.5, 0.6) is 5.75 Å². The van der Waals surface area contributed by atoms with Crippen molar-refractivity contribution >= 4 is 66.3 Å². The van der Waals surface area contributed by atoms with Crippen LogP contribution in [0.2, 0.25) is 5.02 Å². The van der Waals surface area contributed by atoms with E-state index in [0.717, 1.165) is 10.0 Å². The van der Waals surface area contributed by atoms with Crippen molar-refractivity contribution in [1.29, 1.82) is 0 Å². The lowest BCUT2D eigenvalue weighted by Crippen LogP contribution is -2.29. The van der Waals surface area contributed by atoms with E-state index < -0.39 is 10.3 Å². The fourth-order valence-corrected chi connectivity index (χ4v) is 4.88. The first kappa shape index (κ1) is 27.0. The van der Waals surface area contributed by atoms with Crippen molar-refractivity contribution in [2.24, 2.45) is 5.10 Å². The van der Waals surface area contributed by atoms with E-state index in [1.807, 2.05) is 26.8 Å². The van der Waals surface area contributed by atoms with E-state index >= 15 is 0 Å². The molecule has 37 heavy (non-hydrogen) atoms. The molecule has 1 heterocycles. The average Bonchev–Trinajstić information content (AvgIpc) is 2.83. The number of hydrogen-bond acceptors (Lipinski definition) is 6. The summed E-state index contributed by atoms with van der Waals surface area (Å²) in [6.45, 7) is 6.08. The lowest BCUT2D eigenvalue weighted by atomic mass is 9.95. The first-order valence-corrected chi connectivity index (χ1v) is 13.0. The molecule has 8 nitrogen and oxygen atoms in total. The predicted octanol–water partition coefficient (Wildman–Crippen LogP) is 7.24. The molecule has 0 atom stereocenters. The van der Waals surface area contributed by atoms with Gasteiger partial charge in [0.05, 0.1) is 31.5 Å². The number of benzene rings is 3. The maximum absolute atomic E-state index is 13.3. The Morgan fingerprint density at radius 1 is 1.14 bits per heavy atom. The van der Waals surface area contributed by atoms with Gasteiger partial charge in [-0.05, 0) is 69.5 Å². The Balaban J connectivity index is 1.64. The average molecular weight is 649 g/mol. The van der Waals surface area contributed by atoms with Gasteiger partial charge in [-0.25, -0.2) is 4.98 Å². The molecule has 1 aromatic heterocycles. The van der Waals surface area contributed by atoms with Crippen LogP contribution >= 0.6 is 43.5 Å². The molecule has 0 radical (unpaired) electrons. The maximum atomic E-state index is 13.3. The van der Waals surface area contributed by atoms with Crippen LogP contribution in [0.1, 0.15) is 37.7 Å². The van der Waals surface area contributed by atoms with Gasteiger partial charge in [0.25, 0.3) is 11.2 Å². The van der Waals surface area contributed by atoms with Gasteiger partial charge in [-0.3, -0.25) is 14.9 Å². The Labute approximate surface area is 234 Å². The highest BCUT2D eigenvalue weighted by molar-refractivity contribution is 9.10. The van der Waals surface area contributed by atoms with Crippen LogP contribution in [0.25, 0.3) is 10.9 Å². The van der Waals surface area contributed by atoms with E-state index in [9.17, 15) is 14.9 Å². The van der Waals surface area contributed by atoms with E-state index in [1.54, 1.807) is 42.6 Å². The number of ether oxygens (including phenoxy) is 1. The molecule has 4 aromatic rings. The van der Waals surface area contributed by atoms with E-state index in [4.69, 9.17) is 21.3 Å². The molecule has 0 aliphatic carbocycles. The van der Waals surface area contributed by atoms with E-state index in [-0.39, 0.29) is 17.9 Å². The summed E-state index contributed by atoms with van der Waals surface area (Å²) in [6.07, 6.45) is 1.54. The number of rotatable bonds is 6. The van der Waals surface area contributed by atoms with Crippen molar-refractivity contribution in [3.05, 3.63) is 106 Å². The molecule has 0 bridgehead atoms. The topological polar surface area (TPSA) is 99.6 Å². The summed E-state index contributed by atoms with van der Waals surface area (Å²) in [7, 11) is 0. The molecular weight excluding hydrogens is 628 g/mol. The van der Waals surface area contributed by atoms with Gasteiger partial charge in [0, 0.05) is 22.0 Å². The standard InChI is InChI=1S/C26H21Br2ClN4O4/c1-26(2,3)25-31-22-9-6-17(27)12-19(22)24(34)32(25)30-13-16-10-20(28)23(21(29)11-16)37-14-15-4-7-18(8-5-15)33(35)36/h4-13H,14H2,1-3H3. The van der Waals surface area contributed by atoms with E-state index in [0.29, 0.717) is 37.5 Å². The lowest BCUT2D eigenvalue weighted by Gasteiger charge is -2.20. The molecule has 0 aliphatic rings. The molecule has 11 heteroatoms. The van der Waals surface area contributed by atoms with Crippen LogP contribution in [0.4, 0.5) is 5.69 Å². The summed E-state index contributed by atoms with van der Waals surface area (Å²) in [5.74, 6) is 0.943. The lowest BCUT2D eigenvalue weighted by molar-refractivity contribution is -0.384. The fraction of sp³-hybridized carbons (Fsp3) is 0.192. The third-order valence-corrected chi connectivity index (χ3v) is 6.72. The van der Waals surface area contributed by atoms with Gasteiger partial charge >= 0.3 is 0 Å². The number of aromatic nitrogens is 2. The minimum Gasteiger partial charge on any atom is -0.486 e. The maximum Gasteiger partial charge on any atom is 0.282 e. The summed E-state index contributed by atoms with van der Waals surface area (Å²) in [4.78, 5) is 28.4. The van der Waals surface area contributed by atoms with Gasteiger partial charge in [0.1, 0.15) is 12.4 Å². The number of halogens is 3. The molecular formula is C26H21Br2ClN4O4. The number of hydrogen-bond donors (Lipinski definition) is 0.